The van der Waals surface area contributed by atoms with Crippen molar-refractivity contribution in [2.24, 2.45) is 16.1 Å². The third kappa shape index (κ3) is 5.06. The van der Waals surface area contributed by atoms with Crippen LogP contribution in [-0.2, 0) is 4.79 Å². The van der Waals surface area contributed by atoms with Crippen molar-refractivity contribution in [1.82, 2.24) is 0 Å². The average Bonchev–Trinajstić information content (AvgIpc) is 2.74. The summed E-state index contributed by atoms with van der Waals surface area (Å²) in [4.78, 5) is 12.5. The number of rotatable bonds is 4. The van der Waals surface area contributed by atoms with E-state index in [0.717, 1.165) is 44.1 Å². The molecule has 2 rings (SSSR count). The van der Waals surface area contributed by atoms with Crippen molar-refractivity contribution in [3.63, 3.8) is 0 Å². The number of ketones is 1. The molecule has 1 aliphatic rings. The number of aryl methyl sites for hydroxylation is 1. The number of hydrogen-bond donors (Lipinski definition) is 0. The molecule has 0 unspecified atom stereocenters. The Labute approximate surface area is 156 Å². The summed E-state index contributed by atoms with van der Waals surface area (Å²) in [6.07, 6.45) is 5.91. The zero-order chi connectivity index (χ0) is 17.0. The minimum Gasteiger partial charge on any atom is -0.294 e. The van der Waals surface area contributed by atoms with Crippen LogP contribution in [0, 0.1) is 12.8 Å². The second-order valence-electron chi connectivity index (χ2n) is 5.85. The van der Waals surface area contributed by atoms with Gasteiger partial charge in [-0.2, -0.15) is 5.11 Å². The number of nitrogens with zero attached hydrogens (tertiary/aromatic N) is 2. The predicted molar refractivity (Wildman–Crippen MR) is 96.4 cm³/mol. The van der Waals surface area contributed by atoms with Gasteiger partial charge in [-0.3, -0.25) is 4.79 Å². The van der Waals surface area contributed by atoms with Gasteiger partial charge in [-0.1, -0.05) is 72.1 Å². The van der Waals surface area contributed by atoms with E-state index in [1.165, 1.54) is 0 Å². The van der Waals surface area contributed by atoms with E-state index >= 15 is 0 Å². The smallest absolute Gasteiger partial charge is 0.286 e. The van der Waals surface area contributed by atoms with Gasteiger partial charge in [0, 0.05) is 10.9 Å². The minimum absolute atomic E-state index is 0.159. The van der Waals surface area contributed by atoms with Crippen LogP contribution in [0.2, 0.25) is 10.0 Å². The summed E-state index contributed by atoms with van der Waals surface area (Å²) < 4.78 is -1.88. The number of Topliss-reactive ketones (excluding diaryl/α,β-unsaturated/α-hetero) is 1. The van der Waals surface area contributed by atoms with Crippen LogP contribution in [0.3, 0.4) is 0 Å². The lowest BCUT2D eigenvalue weighted by molar-refractivity contribution is -0.123. The van der Waals surface area contributed by atoms with E-state index in [1.807, 2.05) is 0 Å². The van der Waals surface area contributed by atoms with Gasteiger partial charge in [-0.05, 0) is 37.5 Å². The molecule has 1 aromatic rings. The first-order chi connectivity index (χ1) is 10.8. The fourth-order valence-electron chi connectivity index (χ4n) is 2.77. The molecule has 0 radical (unpaired) electrons. The van der Waals surface area contributed by atoms with Crippen molar-refractivity contribution in [2.75, 3.05) is 0 Å². The van der Waals surface area contributed by atoms with Crippen LogP contribution in [0.5, 0.6) is 0 Å². The number of azo groups is 1. The zero-order valence-corrected chi connectivity index (χ0v) is 15.8. The molecule has 0 aliphatic heterocycles. The molecule has 23 heavy (non-hydrogen) atoms. The van der Waals surface area contributed by atoms with Gasteiger partial charge in [0.25, 0.3) is 4.46 Å². The molecule has 0 aromatic heterocycles. The highest BCUT2D eigenvalue weighted by Gasteiger charge is 2.39. The monoisotopic (exact) mass is 394 g/mol. The Hall–Kier alpha value is -0.350. The first kappa shape index (κ1) is 19.0. The van der Waals surface area contributed by atoms with E-state index in [4.69, 9.17) is 46.4 Å². The number of carbonyl (C=O) groups is 1. The second kappa shape index (κ2) is 8.15. The second-order valence-corrected chi connectivity index (χ2v) is 7.98. The third-order valence-corrected chi connectivity index (χ3v) is 5.05. The molecule has 1 aromatic carbocycles. The van der Waals surface area contributed by atoms with Crippen LogP contribution >= 0.6 is 46.4 Å². The highest BCUT2D eigenvalue weighted by molar-refractivity contribution is 6.58. The summed E-state index contributed by atoms with van der Waals surface area (Å²) in [5.41, 5.74) is 1.15. The van der Waals surface area contributed by atoms with Gasteiger partial charge in [0.1, 0.15) is 5.69 Å². The average molecular weight is 396 g/mol. The van der Waals surface area contributed by atoms with Crippen molar-refractivity contribution < 1.29 is 4.79 Å². The minimum atomic E-state index is -1.88. The highest BCUT2D eigenvalue weighted by Crippen LogP contribution is 2.37. The maximum Gasteiger partial charge on any atom is 0.286 e. The number of benzene rings is 1. The van der Waals surface area contributed by atoms with Crippen molar-refractivity contribution in [1.29, 1.82) is 0 Å². The standard InChI is InChI=1S/C16H18Cl4N2O/c1-10-8-12(17)9-13(18)14(10)21-22-16(19,20)15(23)11-6-4-2-3-5-7-11/h8-9,11H,2-7H2,1H3. The quantitative estimate of drug-likeness (QED) is 0.233. The van der Waals surface area contributed by atoms with Gasteiger partial charge in [0.2, 0.25) is 0 Å². The van der Waals surface area contributed by atoms with E-state index in [9.17, 15) is 4.79 Å². The highest BCUT2D eigenvalue weighted by atomic mass is 35.5. The van der Waals surface area contributed by atoms with E-state index in [0.29, 0.717) is 15.7 Å². The largest absolute Gasteiger partial charge is 0.294 e. The zero-order valence-electron chi connectivity index (χ0n) is 12.8. The molecular formula is C16H18Cl4N2O. The molecule has 0 spiro atoms. The fourth-order valence-corrected chi connectivity index (χ4v) is 3.79. The van der Waals surface area contributed by atoms with Crippen LogP contribution in [0.15, 0.2) is 22.4 Å². The Morgan fingerprint density at radius 1 is 1.13 bits per heavy atom. The number of halogens is 4. The van der Waals surface area contributed by atoms with Crippen LogP contribution in [0.25, 0.3) is 0 Å². The first-order valence-corrected chi connectivity index (χ1v) is 9.13. The molecule has 0 saturated heterocycles. The van der Waals surface area contributed by atoms with E-state index in [1.54, 1.807) is 19.1 Å². The lowest BCUT2D eigenvalue weighted by atomic mass is 9.95. The fraction of sp³-hybridized carbons (Fsp3) is 0.562. The van der Waals surface area contributed by atoms with Crippen LogP contribution in [0.1, 0.15) is 44.1 Å². The Morgan fingerprint density at radius 2 is 1.74 bits per heavy atom. The predicted octanol–water partition coefficient (Wildman–Crippen LogP) is 7.06. The molecule has 1 aliphatic carbocycles. The molecule has 0 amide bonds. The normalized spacial score (nSPS) is 17.4. The summed E-state index contributed by atoms with van der Waals surface area (Å²) in [5, 5.41) is 8.71. The third-order valence-electron chi connectivity index (χ3n) is 4.02. The molecule has 1 fully saturated rings. The molecule has 0 N–H and O–H groups in total. The maximum atomic E-state index is 12.5. The van der Waals surface area contributed by atoms with E-state index < -0.39 is 4.46 Å². The van der Waals surface area contributed by atoms with Crippen molar-refractivity contribution in [2.45, 2.75) is 49.9 Å². The summed E-state index contributed by atoms with van der Waals surface area (Å²) in [6.45, 7) is 1.80. The topological polar surface area (TPSA) is 41.8 Å². The summed E-state index contributed by atoms with van der Waals surface area (Å²) in [5.74, 6) is -0.442. The van der Waals surface area contributed by atoms with E-state index in [2.05, 4.69) is 10.2 Å². The molecule has 1 saturated carbocycles. The maximum absolute atomic E-state index is 12.5. The van der Waals surface area contributed by atoms with Gasteiger partial charge < -0.3 is 0 Å². The number of alkyl halides is 2. The Morgan fingerprint density at radius 3 is 2.30 bits per heavy atom. The first-order valence-electron chi connectivity index (χ1n) is 7.62. The summed E-state index contributed by atoms with van der Waals surface area (Å²) >= 11 is 24.3. The van der Waals surface area contributed by atoms with Gasteiger partial charge in [-0.25, -0.2) is 0 Å². The molecule has 0 bridgehead atoms. The number of carbonyl (C=O) groups excluding carboxylic acids is 1. The Bertz CT molecular complexity index is 585. The van der Waals surface area contributed by atoms with Crippen LogP contribution in [0.4, 0.5) is 5.69 Å². The lowest BCUT2D eigenvalue weighted by Gasteiger charge is -2.19. The summed E-state index contributed by atoms with van der Waals surface area (Å²) in [7, 11) is 0. The van der Waals surface area contributed by atoms with E-state index in [-0.39, 0.29) is 11.7 Å². The molecule has 126 valence electrons. The Balaban J connectivity index is 2.18. The van der Waals surface area contributed by atoms with Gasteiger partial charge in [0.05, 0.1) is 5.02 Å². The molecule has 7 heteroatoms. The van der Waals surface area contributed by atoms with Gasteiger partial charge in [-0.15, -0.1) is 5.11 Å². The SMILES string of the molecule is Cc1cc(Cl)cc(Cl)c1N=NC(Cl)(Cl)C(=O)C1CCCCCC1. The summed E-state index contributed by atoms with van der Waals surface area (Å²) in [6, 6.07) is 3.26. The van der Waals surface area contributed by atoms with Crippen LogP contribution in [-0.4, -0.2) is 10.2 Å². The van der Waals surface area contributed by atoms with Crippen molar-refractivity contribution in [3.8, 4) is 0 Å². The van der Waals surface area contributed by atoms with Crippen molar-refractivity contribution in [3.05, 3.63) is 27.7 Å². The molecule has 0 heterocycles. The Kier molecular flexibility index (Phi) is 6.73. The molecular weight excluding hydrogens is 378 g/mol. The number of hydrogen-bond acceptors (Lipinski definition) is 3. The van der Waals surface area contributed by atoms with Crippen LogP contribution < -0.4 is 0 Å². The van der Waals surface area contributed by atoms with Crippen molar-refractivity contribution >= 4 is 57.9 Å². The lowest BCUT2D eigenvalue weighted by Crippen LogP contribution is -2.30. The van der Waals surface area contributed by atoms with Gasteiger partial charge in [0.15, 0.2) is 5.78 Å². The molecule has 0 atom stereocenters. The van der Waals surface area contributed by atoms with Gasteiger partial charge >= 0.3 is 0 Å². The molecule has 3 nitrogen and oxygen atoms in total.